The maximum Gasteiger partial charge on any atom is 0.254 e. The van der Waals surface area contributed by atoms with E-state index in [1.54, 1.807) is 12.1 Å². The van der Waals surface area contributed by atoms with E-state index in [0.29, 0.717) is 26.2 Å². The zero-order valence-electron chi connectivity index (χ0n) is 14.4. The van der Waals surface area contributed by atoms with Gasteiger partial charge >= 0.3 is 0 Å². The van der Waals surface area contributed by atoms with Crippen molar-refractivity contribution in [1.29, 1.82) is 0 Å². The van der Waals surface area contributed by atoms with Crippen molar-refractivity contribution in [1.82, 2.24) is 15.1 Å². The molecule has 9 heteroatoms. The number of nitrogens with two attached hydrogens (primary N) is 1. The summed E-state index contributed by atoms with van der Waals surface area (Å²) in [5.74, 6) is -0.853. The number of nitrogens with one attached hydrogen (secondary N) is 1. The molecule has 0 spiro atoms. The van der Waals surface area contributed by atoms with E-state index < -0.39 is 17.3 Å². The lowest BCUT2D eigenvalue weighted by molar-refractivity contribution is -0.135. The van der Waals surface area contributed by atoms with Gasteiger partial charge < -0.3 is 16.0 Å². The fourth-order valence-corrected chi connectivity index (χ4v) is 2.91. The van der Waals surface area contributed by atoms with Gasteiger partial charge in [-0.15, -0.1) is 24.8 Å². The molecule has 1 saturated heterocycles. The molecular weight excluding hydrogens is 382 g/mol. The Balaban J connectivity index is 0.00000169. The molecule has 2 aliphatic rings. The Hall–Kier alpha value is -1.41. The molecule has 0 bridgehead atoms. The molecule has 1 aromatic carbocycles. The summed E-state index contributed by atoms with van der Waals surface area (Å²) in [4.78, 5) is 28.1. The molecule has 6 nitrogen and oxygen atoms in total. The van der Waals surface area contributed by atoms with Crippen molar-refractivity contribution < 1.29 is 14.0 Å². The van der Waals surface area contributed by atoms with Gasteiger partial charge in [0.2, 0.25) is 5.91 Å². The minimum absolute atomic E-state index is 0. The van der Waals surface area contributed by atoms with Gasteiger partial charge in [0.15, 0.2) is 0 Å². The first-order chi connectivity index (χ1) is 11.5. The fraction of sp³-hybridized carbons (Fsp3) is 0.529. The van der Waals surface area contributed by atoms with Crippen molar-refractivity contribution in [3.05, 3.63) is 35.6 Å². The molecule has 1 aliphatic heterocycles. The number of hydrogen-bond acceptors (Lipinski definition) is 4. The number of benzene rings is 1. The quantitative estimate of drug-likeness (QED) is 0.765. The fourth-order valence-electron chi connectivity index (χ4n) is 2.91. The van der Waals surface area contributed by atoms with E-state index in [1.807, 2.05) is 4.90 Å². The van der Waals surface area contributed by atoms with Gasteiger partial charge in [0.05, 0.1) is 11.1 Å². The van der Waals surface area contributed by atoms with Crippen molar-refractivity contribution in [3.63, 3.8) is 0 Å². The van der Waals surface area contributed by atoms with Crippen molar-refractivity contribution in [2.75, 3.05) is 39.3 Å². The van der Waals surface area contributed by atoms with Crippen LogP contribution < -0.4 is 11.1 Å². The predicted molar refractivity (Wildman–Crippen MR) is 102 cm³/mol. The Morgan fingerprint density at radius 2 is 1.73 bits per heavy atom. The molecule has 26 heavy (non-hydrogen) atoms. The van der Waals surface area contributed by atoms with Crippen LogP contribution in [0.5, 0.6) is 0 Å². The van der Waals surface area contributed by atoms with Gasteiger partial charge in [0, 0.05) is 39.3 Å². The third-order valence-electron chi connectivity index (χ3n) is 4.71. The van der Waals surface area contributed by atoms with Crippen LogP contribution >= 0.6 is 24.8 Å². The number of hydrogen-bond donors (Lipinski definition) is 2. The normalized spacial score (nSPS) is 18.3. The van der Waals surface area contributed by atoms with E-state index in [1.165, 1.54) is 12.1 Å². The number of amides is 2. The van der Waals surface area contributed by atoms with Gasteiger partial charge in [-0.05, 0) is 25.0 Å². The van der Waals surface area contributed by atoms with Gasteiger partial charge in [-0.1, -0.05) is 12.1 Å². The van der Waals surface area contributed by atoms with Gasteiger partial charge in [-0.25, -0.2) is 4.39 Å². The number of halogens is 3. The van der Waals surface area contributed by atoms with Crippen LogP contribution in [0.2, 0.25) is 0 Å². The summed E-state index contributed by atoms with van der Waals surface area (Å²) in [6.45, 7) is 3.98. The van der Waals surface area contributed by atoms with Gasteiger partial charge in [0.1, 0.15) is 5.82 Å². The molecule has 3 rings (SSSR count). The van der Waals surface area contributed by atoms with Crippen LogP contribution in [0.3, 0.4) is 0 Å². The summed E-state index contributed by atoms with van der Waals surface area (Å²) < 4.78 is 13.5. The second-order valence-corrected chi connectivity index (χ2v) is 6.53. The molecule has 146 valence electrons. The monoisotopic (exact) mass is 406 g/mol. The molecule has 0 unspecified atom stereocenters. The van der Waals surface area contributed by atoms with E-state index in [0.717, 1.165) is 25.9 Å². The lowest BCUT2D eigenvalue weighted by atomic mass is 10.2. The van der Waals surface area contributed by atoms with Crippen LogP contribution in [0.15, 0.2) is 24.3 Å². The van der Waals surface area contributed by atoms with Gasteiger partial charge in [-0.2, -0.15) is 0 Å². The minimum Gasteiger partial charge on any atom is -0.351 e. The largest absolute Gasteiger partial charge is 0.351 e. The number of piperazine rings is 1. The van der Waals surface area contributed by atoms with E-state index in [9.17, 15) is 14.0 Å². The second kappa shape index (κ2) is 9.50. The number of nitrogens with zero attached hydrogens (tertiary/aromatic N) is 2. The highest BCUT2D eigenvalue weighted by molar-refractivity contribution is 5.94. The van der Waals surface area contributed by atoms with Crippen LogP contribution in [0.1, 0.15) is 23.2 Å². The van der Waals surface area contributed by atoms with Crippen LogP contribution in [-0.2, 0) is 4.79 Å². The van der Waals surface area contributed by atoms with Crippen LogP contribution in [-0.4, -0.2) is 66.4 Å². The SMILES string of the molecule is Cl.Cl.NC1(C(=O)N2CCN(CCNC(=O)c3ccccc3F)CC2)CC1. The van der Waals surface area contributed by atoms with Crippen LogP contribution in [0.4, 0.5) is 4.39 Å². The lowest BCUT2D eigenvalue weighted by Crippen LogP contribution is -2.54. The molecule has 1 aliphatic carbocycles. The Bertz CT molecular complexity index is 635. The van der Waals surface area contributed by atoms with Gasteiger partial charge in [0.25, 0.3) is 5.91 Å². The van der Waals surface area contributed by atoms with Crippen LogP contribution in [0.25, 0.3) is 0 Å². The maximum atomic E-state index is 13.5. The summed E-state index contributed by atoms with van der Waals surface area (Å²) in [7, 11) is 0. The van der Waals surface area contributed by atoms with E-state index >= 15 is 0 Å². The maximum absolute atomic E-state index is 13.5. The first kappa shape index (κ1) is 22.6. The molecule has 1 aromatic rings. The molecular formula is C17H25Cl2FN4O2. The number of carbonyl (C=O) groups is 2. The molecule has 0 atom stereocenters. The first-order valence-electron chi connectivity index (χ1n) is 8.33. The summed E-state index contributed by atoms with van der Waals surface area (Å²) >= 11 is 0. The Morgan fingerprint density at radius 3 is 2.31 bits per heavy atom. The molecule has 1 saturated carbocycles. The molecule has 0 aromatic heterocycles. The van der Waals surface area contributed by atoms with E-state index in [2.05, 4.69) is 10.2 Å². The van der Waals surface area contributed by atoms with Crippen molar-refractivity contribution in [3.8, 4) is 0 Å². The summed E-state index contributed by atoms with van der Waals surface area (Å²) in [5, 5.41) is 2.73. The van der Waals surface area contributed by atoms with E-state index in [4.69, 9.17) is 5.73 Å². The highest BCUT2D eigenvalue weighted by Crippen LogP contribution is 2.34. The molecule has 0 radical (unpaired) electrons. The van der Waals surface area contributed by atoms with Crippen LogP contribution in [0, 0.1) is 5.82 Å². The molecule has 1 heterocycles. The lowest BCUT2D eigenvalue weighted by Gasteiger charge is -2.36. The van der Waals surface area contributed by atoms with Gasteiger partial charge in [-0.3, -0.25) is 14.5 Å². The molecule has 2 fully saturated rings. The first-order valence-corrected chi connectivity index (χ1v) is 8.33. The Morgan fingerprint density at radius 1 is 1.12 bits per heavy atom. The average molecular weight is 407 g/mol. The van der Waals surface area contributed by atoms with Crippen molar-refractivity contribution in [2.45, 2.75) is 18.4 Å². The Labute approximate surface area is 165 Å². The Kier molecular flexibility index (Phi) is 8.27. The highest BCUT2D eigenvalue weighted by Gasteiger charge is 2.48. The second-order valence-electron chi connectivity index (χ2n) is 6.53. The summed E-state index contributed by atoms with van der Waals surface area (Å²) in [6, 6.07) is 5.93. The highest BCUT2D eigenvalue weighted by atomic mass is 35.5. The summed E-state index contributed by atoms with van der Waals surface area (Å²) in [5.41, 5.74) is 5.41. The van der Waals surface area contributed by atoms with E-state index in [-0.39, 0.29) is 36.3 Å². The summed E-state index contributed by atoms with van der Waals surface area (Å²) in [6.07, 6.45) is 1.57. The standard InChI is InChI=1S/C17H23FN4O2.2ClH/c18-14-4-2-1-3-13(14)15(23)20-7-8-21-9-11-22(12-10-21)16(24)17(19)5-6-17;;/h1-4H,5-12,19H2,(H,20,23);2*1H. The van der Waals surface area contributed by atoms with Crippen molar-refractivity contribution in [2.24, 2.45) is 5.73 Å². The third kappa shape index (κ3) is 5.30. The van der Waals surface area contributed by atoms with Crippen molar-refractivity contribution >= 4 is 36.6 Å². The number of carbonyl (C=O) groups excluding carboxylic acids is 2. The zero-order chi connectivity index (χ0) is 17.2. The predicted octanol–water partition coefficient (Wildman–Crippen LogP) is 1.03. The minimum atomic E-state index is -0.601. The third-order valence-corrected chi connectivity index (χ3v) is 4.71. The number of rotatable bonds is 5. The topological polar surface area (TPSA) is 78.7 Å². The molecule has 2 amide bonds. The average Bonchev–Trinajstić information content (AvgIpc) is 3.34. The zero-order valence-corrected chi connectivity index (χ0v) is 16.1. The molecule has 3 N–H and O–H groups in total. The smallest absolute Gasteiger partial charge is 0.254 e.